The van der Waals surface area contributed by atoms with Crippen molar-refractivity contribution in [2.45, 2.75) is 18.8 Å². The number of carbonyl (C=O) groups is 1. The Morgan fingerprint density at radius 1 is 1.33 bits per heavy atom. The standard InChI is InChI=1S/C10H12N2O3/c13-10(14)9-8(11-3-4-12-9)7-1-5-15-6-2-7/h3-4,7H,1-2,5-6H2,(H,13,14). The third kappa shape index (κ3) is 2.12. The van der Waals surface area contributed by atoms with Gasteiger partial charge in [-0.1, -0.05) is 0 Å². The smallest absolute Gasteiger partial charge is 0.356 e. The highest BCUT2D eigenvalue weighted by Gasteiger charge is 2.23. The minimum Gasteiger partial charge on any atom is -0.476 e. The molecule has 1 saturated heterocycles. The van der Waals surface area contributed by atoms with Crippen LogP contribution >= 0.6 is 0 Å². The highest BCUT2D eigenvalue weighted by molar-refractivity contribution is 5.86. The Hall–Kier alpha value is -1.49. The van der Waals surface area contributed by atoms with Gasteiger partial charge in [0.1, 0.15) is 0 Å². The molecule has 0 spiro atoms. The van der Waals surface area contributed by atoms with E-state index in [1.807, 2.05) is 0 Å². The molecular formula is C10H12N2O3. The quantitative estimate of drug-likeness (QED) is 0.787. The number of nitrogens with zero attached hydrogens (tertiary/aromatic N) is 2. The summed E-state index contributed by atoms with van der Waals surface area (Å²) in [5.41, 5.74) is 0.665. The maximum atomic E-state index is 10.9. The minimum atomic E-state index is -1.01. The summed E-state index contributed by atoms with van der Waals surface area (Å²) in [5.74, 6) is -0.844. The van der Waals surface area contributed by atoms with Crippen LogP contribution in [0.15, 0.2) is 12.4 Å². The minimum absolute atomic E-state index is 0.0735. The topological polar surface area (TPSA) is 72.3 Å². The molecule has 0 bridgehead atoms. The molecule has 1 aromatic rings. The van der Waals surface area contributed by atoms with Crippen LogP contribution in [0, 0.1) is 0 Å². The molecular weight excluding hydrogens is 196 g/mol. The molecule has 5 heteroatoms. The number of rotatable bonds is 2. The van der Waals surface area contributed by atoms with E-state index in [1.165, 1.54) is 12.4 Å². The van der Waals surface area contributed by atoms with Crippen molar-refractivity contribution < 1.29 is 14.6 Å². The summed E-state index contributed by atoms with van der Waals surface area (Å²) >= 11 is 0. The molecule has 0 amide bonds. The Bertz CT molecular complexity index is 361. The van der Waals surface area contributed by atoms with Gasteiger partial charge in [-0.25, -0.2) is 9.78 Å². The van der Waals surface area contributed by atoms with Crippen LogP contribution in [0.2, 0.25) is 0 Å². The van der Waals surface area contributed by atoms with Crippen LogP contribution in [0.5, 0.6) is 0 Å². The predicted octanol–water partition coefficient (Wildman–Crippen LogP) is 1.07. The van der Waals surface area contributed by atoms with Gasteiger partial charge < -0.3 is 9.84 Å². The van der Waals surface area contributed by atoms with Crippen LogP contribution in [0.25, 0.3) is 0 Å². The van der Waals surface area contributed by atoms with E-state index in [0.717, 1.165) is 12.8 Å². The lowest BCUT2D eigenvalue weighted by atomic mass is 9.95. The number of ether oxygens (including phenoxy) is 1. The summed E-state index contributed by atoms with van der Waals surface area (Å²) in [5, 5.41) is 8.96. The van der Waals surface area contributed by atoms with Crippen molar-refractivity contribution in [2.24, 2.45) is 0 Å². The molecule has 2 heterocycles. The number of hydrogen-bond acceptors (Lipinski definition) is 4. The van der Waals surface area contributed by atoms with E-state index in [-0.39, 0.29) is 11.6 Å². The molecule has 1 aliphatic rings. The molecule has 0 atom stereocenters. The Balaban J connectivity index is 2.29. The van der Waals surface area contributed by atoms with Crippen molar-refractivity contribution in [3.05, 3.63) is 23.8 Å². The highest BCUT2D eigenvalue weighted by atomic mass is 16.5. The molecule has 0 saturated carbocycles. The molecule has 5 nitrogen and oxygen atoms in total. The maximum absolute atomic E-state index is 10.9. The van der Waals surface area contributed by atoms with E-state index in [0.29, 0.717) is 18.9 Å². The first-order chi connectivity index (χ1) is 7.29. The molecule has 0 aromatic carbocycles. The van der Waals surface area contributed by atoms with E-state index in [9.17, 15) is 4.79 Å². The fourth-order valence-corrected chi connectivity index (χ4v) is 1.78. The number of hydrogen-bond donors (Lipinski definition) is 1. The van der Waals surface area contributed by atoms with Gasteiger partial charge >= 0.3 is 5.97 Å². The van der Waals surface area contributed by atoms with Crippen molar-refractivity contribution in [3.63, 3.8) is 0 Å². The van der Waals surface area contributed by atoms with Crippen molar-refractivity contribution in [1.82, 2.24) is 9.97 Å². The Kier molecular flexibility index (Phi) is 2.91. The molecule has 1 aliphatic heterocycles. The second-order valence-electron chi connectivity index (χ2n) is 3.48. The van der Waals surface area contributed by atoms with Crippen LogP contribution in [0.3, 0.4) is 0 Å². The van der Waals surface area contributed by atoms with Crippen LogP contribution in [0.4, 0.5) is 0 Å². The second-order valence-corrected chi connectivity index (χ2v) is 3.48. The zero-order valence-corrected chi connectivity index (χ0v) is 8.22. The van der Waals surface area contributed by atoms with Gasteiger partial charge in [0.25, 0.3) is 0 Å². The lowest BCUT2D eigenvalue weighted by Crippen LogP contribution is -2.19. The fraction of sp³-hybridized carbons (Fsp3) is 0.500. The van der Waals surface area contributed by atoms with Crippen molar-refractivity contribution in [3.8, 4) is 0 Å². The number of carboxylic acids is 1. The number of aromatic nitrogens is 2. The summed E-state index contributed by atoms with van der Waals surface area (Å²) in [4.78, 5) is 18.9. The molecule has 0 aliphatic carbocycles. The number of aromatic carboxylic acids is 1. The summed E-state index contributed by atoms with van der Waals surface area (Å²) in [6.07, 6.45) is 4.58. The van der Waals surface area contributed by atoms with Gasteiger partial charge in [0.15, 0.2) is 5.69 Å². The predicted molar refractivity (Wildman–Crippen MR) is 51.8 cm³/mol. The van der Waals surface area contributed by atoms with Gasteiger partial charge in [0.05, 0.1) is 5.69 Å². The zero-order chi connectivity index (χ0) is 10.7. The lowest BCUT2D eigenvalue weighted by Gasteiger charge is -2.21. The van der Waals surface area contributed by atoms with Gasteiger partial charge in [0.2, 0.25) is 0 Å². The van der Waals surface area contributed by atoms with E-state index < -0.39 is 5.97 Å². The molecule has 1 fully saturated rings. The Morgan fingerprint density at radius 3 is 2.67 bits per heavy atom. The van der Waals surface area contributed by atoms with E-state index in [2.05, 4.69) is 9.97 Å². The van der Waals surface area contributed by atoms with Crippen LogP contribution in [-0.4, -0.2) is 34.3 Å². The van der Waals surface area contributed by atoms with Crippen LogP contribution in [-0.2, 0) is 4.74 Å². The molecule has 80 valence electrons. The van der Waals surface area contributed by atoms with Crippen molar-refractivity contribution >= 4 is 5.97 Å². The van der Waals surface area contributed by atoms with Gasteiger partial charge in [-0.3, -0.25) is 4.98 Å². The number of carboxylic acid groups (broad SMARTS) is 1. The van der Waals surface area contributed by atoms with Crippen LogP contribution < -0.4 is 0 Å². The zero-order valence-electron chi connectivity index (χ0n) is 8.22. The van der Waals surface area contributed by atoms with Crippen molar-refractivity contribution in [1.29, 1.82) is 0 Å². The van der Waals surface area contributed by atoms with E-state index in [1.54, 1.807) is 0 Å². The third-order valence-corrected chi connectivity index (χ3v) is 2.54. The van der Waals surface area contributed by atoms with Crippen molar-refractivity contribution in [2.75, 3.05) is 13.2 Å². The lowest BCUT2D eigenvalue weighted by molar-refractivity contribution is 0.0675. The molecule has 15 heavy (non-hydrogen) atoms. The molecule has 0 unspecified atom stereocenters. The van der Waals surface area contributed by atoms with Gasteiger partial charge in [0, 0.05) is 31.5 Å². The fourth-order valence-electron chi connectivity index (χ4n) is 1.78. The Labute approximate surface area is 87.1 Å². The van der Waals surface area contributed by atoms with Gasteiger partial charge in [-0.2, -0.15) is 0 Å². The van der Waals surface area contributed by atoms with Gasteiger partial charge in [-0.05, 0) is 12.8 Å². The SMILES string of the molecule is O=C(O)c1nccnc1C1CCOCC1. The average Bonchev–Trinajstić information content (AvgIpc) is 2.30. The summed E-state index contributed by atoms with van der Waals surface area (Å²) in [7, 11) is 0. The first-order valence-electron chi connectivity index (χ1n) is 4.91. The van der Waals surface area contributed by atoms with Gasteiger partial charge in [-0.15, -0.1) is 0 Å². The largest absolute Gasteiger partial charge is 0.476 e. The average molecular weight is 208 g/mol. The molecule has 0 radical (unpaired) electrons. The Morgan fingerprint density at radius 2 is 2.00 bits per heavy atom. The first kappa shape index (κ1) is 10.0. The third-order valence-electron chi connectivity index (χ3n) is 2.54. The first-order valence-corrected chi connectivity index (χ1v) is 4.91. The summed E-state index contributed by atoms with van der Waals surface area (Å²) in [6, 6.07) is 0. The normalized spacial score (nSPS) is 17.6. The van der Waals surface area contributed by atoms with Crippen LogP contribution in [0.1, 0.15) is 34.9 Å². The second kappa shape index (κ2) is 4.35. The molecule has 1 aromatic heterocycles. The highest BCUT2D eigenvalue weighted by Crippen LogP contribution is 2.26. The summed E-state index contributed by atoms with van der Waals surface area (Å²) in [6.45, 7) is 1.33. The maximum Gasteiger partial charge on any atom is 0.356 e. The van der Waals surface area contributed by atoms with E-state index >= 15 is 0 Å². The molecule has 1 N–H and O–H groups in total. The monoisotopic (exact) mass is 208 g/mol. The molecule has 2 rings (SSSR count). The summed E-state index contributed by atoms with van der Waals surface area (Å²) < 4.78 is 5.23. The van der Waals surface area contributed by atoms with E-state index in [4.69, 9.17) is 9.84 Å².